The molecule has 0 aromatic heterocycles. The van der Waals surface area contributed by atoms with Gasteiger partial charge in [0.05, 0.1) is 52.2 Å². The minimum atomic E-state index is -0.215. The summed E-state index contributed by atoms with van der Waals surface area (Å²) in [5.74, 6) is 0. The Balaban J connectivity index is 1.09. The Morgan fingerprint density at radius 3 is 0.939 bits per heavy atom. The standard InChI is InChI=1S/C73H82N8O/c1-70(39-17-5-18-40-70)78-54-29-13-9-25-50(54)65-58-33-34-59(74-58)66(51-26-10-14-30-55(51)79-71(2)41-19-6-20-42-71)61-37-38-63(76-61)68(53-28-12-16-32-57(53)81-73(4)45-23-8-24-46-73)69-49(48-82)47-64(77-69)67(62-36-35-60(65)75-62)52-27-11-15-31-56(52)80-72(3)43-21-7-22-44-72/h9-16,25-38,47,78-82H,5-8,17-24,39-46,48H2,1-4H3. The first-order chi connectivity index (χ1) is 40.0. The summed E-state index contributed by atoms with van der Waals surface area (Å²) < 4.78 is 0. The predicted molar refractivity (Wildman–Crippen MR) is 346 cm³/mol. The number of hydrogen-bond donors (Lipinski definition) is 5. The van der Waals surface area contributed by atoms with E-state index in [1.165, 1.54) is 77.0 Å². The molecule has 82 heavy (non-hydrogen) atoms. The van der Waals surface area contributed by atoms with E-state index in [9.17, 15) is 5.11 Å². The summed E-state index contributed by atoms with van der Waals surface area (Å²) in [6, 6.07) is 35.0. The summed E-state index contributed by atoms with van der Waals surface area (Å²) in [6.45, 7) is 9.33. The van der Waals surface area contributed by atoms with Crippen molar-refractivity contribution in [3.63, 3.8) is 0 Å². The van der Waals surface area contributed by atoms with Gasteiger partial charge in [-0.05, 0) is 146 Å². The monoisotopic (exact) mass is 1090 g/mol. The summed E-state index contributed by atoms with van der Waals surface area (Å²) >= 11 is 0. The molecule has 0 saturated heterocycles. The molecule has 0 amide bonds. The molecule has 9 heteroatoms. The Hall–Kier alpha value is -7.36. The highest BCUT2D eigenvalue weighted by Crippen LogP contribution is 2.46. The molecule has 4 aromatic rings. The van der Waals surface area contributed by atoms with Crippen LogP contribution in [0.5, 0.6) is 0 Å². The summed E-state index contributed by atoms with van der Waals surface area (Å²) in [7, 11) is 0. The molecule has 9 nitrogen and oxygen atoms in total. The SMILES string of the molecule is CC1(Nc2ccccc2C2=C3C=CC(=N3)C(c3ccccc3NC3(C)CCCCC3)=C3C=C(CO)C(=N3)C(c3ccccc3NC3(C)CCCCC3)=C3C=CC(=N3)C(c3ccccc3NC3(C)CCCCC3)=C3C=CC2=N3)CCCCC1. The molecule has 4 saturated carbocycles. The summed E-state index contributed by atoms with van der Waals surface area (Å²) in [6.07, 6.45) is 38.8. The number of nitrogens with zero attached hydrogens (tertiary/aromatic N) is 4. The molecule has 0 radical (unpaired) electrons. The first-order valence-electron chi connectivity index (χ1n) is 31.2. The van der Waals surface area contributed by atoms with Crippen molar-refractivity contribution in [3.05, 3.63) is 190 Å². The molecule has 4 fully saturated rings. The normalized spacial score (nSPS) is 22.4. The molecular weight excluding hydrogens is 1000 g/mol. The van der Waals surface area contributed by atoms with Crippen molar-refractivity contribution >= 4 is 67.9 Å². The minimum absolute atomic E-state index is 0.0469. The number of para-hydroxylation sites is 4. The van der Waals surface area contributed by atoms with E-state index in [0.717, 1.165) is 164 Å². The van der Waals surface area contributed by atoms with Crippen LogP contribution in [-0.2, 0) is 0 Å². The highest BCUT2D eigenvalue weighted by molar-refractivity contribution is 6.41. The Labute approximate surface area is 486 Å². The van der Waals surface area contributed by atoms with E-state index >= 15 is 0 Å². The molecule has 5 aliphatic heterocycles. The van der Waals surface area contributed by atoms with Gasteiger partial charge in [-0.1, -0.05) is 150 Å². The van der Waals surface area contributed by atoms with Crippen LogP contribution in [0.1, 0.15) is 178 Å². The number of nitrogens with one attached hydrogen (secondary N) is 4. The smallest absolute Gasteiger partial charge is 0.0793 e. The van der Waals surface area contributed by atoms with Gasteiger partial charge in [0.15, 0.2) is 0 Å². The van der Waals surface area contributed by atoms with Gasteiger partial charge in [-0.3, -0.25) is 0 Å². The Morgan fingerprint density at radius 1 is 0.341 bits per heavy atom. The van der Waals surface area contributed by atoms with Gasteiger partial charge in [-0.2, -0.15) is 0 Å². The van der Waals surface area contributed by atoms with Crippen LogP contribution in [0.3, 0.4) is 0 Å². The van der Waals surface area contributed by atoms with Crippen molar-refractivity contribution in [2.24, 2.45) is 20.0 Å². The molecule has 5 heterocycles. The highest BCUT2D eigenvalue weighted by atomic mass is 16.3. The van der Waals surface area contributed by atoms with Gasteiger partial charge in [-0.25, -0.2) is 20.0 Å². The van der Waals surface area contributed by atoms with Crippen LogP contribution < -0.4 is 21.3 Å². The number of allylic oxidation sites excluding steroid dienone is 11. The largest absolute Gasteiger partial charge is 0.392 e. The number of anilines is 4. The molecule has 13 rings (SSSR count). The zero-order valence-electron chi connectivity index (χ0n) is 48.9. The first kappa shape index (κ1) is 53.9. The van der Waals surface area contributed by atoms with Crippen LogP contribution in [0.2, 0.25) is 0 Å². The van der Waals surface area contributed by atoms with E-state index < -0.39 is 0 Å². The van der Waals surface area contributed by atoms with Crippen molar-refractivity contribution in [1.82, 2.24) is 0 Å². The Morgan fingerprint density at radius 2 is 0.622 bits per heavy atom. The van der Waals surface area contributed by atoms with Crippen LogP contribution >= 0.6 is 0 Å². The Kier molecular flexibility index (Phi) is 14.7. The van der Waals surface area contributed by atoms with Gasteiger partial charge in [0.1, 0.15) is 0 Å². The maximum atomic E-state index is 11.8. The lowest BCUT2D eigenvalue weighted by atomic mass is 9.82. The van der Waals surface area contributed by atoms with Gasteiger partial charge in [0.2, 0.25) is 0 Å². The maximum Gasteiger partial charge on any atom is 0.0793 e. The number of aliphatic hydroxyl groups is 1. The van der Waals surface area contributed by atoms with Crippen molar-refractivity contribution in [1.29, 1.82) is 0 Å². The average molecular weight is 1090 g/mol. The summed E-state index contributed by atoms with van der Waals surface area (Å²) in [5.41, 5.74) is 18.9. The lowest BCUT2D eigenvalue weighted by molar-refractivity contribution is 0.337. The number of hydrogen-bond acceptors (Lipinski definition) is 9. The third-order valence-corrected chi connectivity index (χ3v) is 19.3. The molecule has 8 bridgehead atoms. The fourth-order valence-corrected chi connectivity index (χ4v) is 14.8. The number of benzene rings is 4. The fraction of sp³-hybridized carbons (Fsp3) is 0.397. The van der Waals surface area contributed by atoms with E-state index in [2.05, 4.69) is 189 Å². The average Bonchev–Trinajstić information content (AvgIpc) is 4.53. The minimum Gasteiger partial charge on any atom is -0.392 e. The fourth-order valence-electron chi connectivity index (χ4n) is 14.8. The number of rotatable bonds is 13. The van der Waals surface area contributed by atoms with Crippen LogP contribution in [0, 0.1) is 0 Å². The van der Waals surface area contributed by atoms with E-state index in [1.54, 1.807) is 0 Å². The molecule has 9 aliphatic rings. The molecular formula is C73H82N8O. The third kappa shape index (κ3) is 10.8. The quantitative estimate of drug-likeness (QED) is 0.0914. The number of fused-ring (bicyclic) bond motifs is 4. The van der Waals surface area contributed by atoms with Gasteiger partial charge in [0, 0.05) is 95.0 Å². The van der Waals surface area contributed by atoms with Gasteiger partial charge < -0.3 is 26.4 Å². The second kappa shape index (κ2) is 22.4. The van der Waals surface area contributed by atoms with Crippen LogP contribution in [0.15, 0.2) is 188 Å². The second-order valence-corrected chi connectivity index (χ2v) is 26.0. The number of aliphatic imine (C=N–C) groups is 4. The van der Waals surface area contributed by atoms with Crippen LogP contribution in [-0.4, -0.2) is 56.7 Å². The number of aliphatic hydroxyl groups excluding tert-OH is 1. The summed E-state index contributed by atoms with van der Waals surface area (Å²) in [5, 5.41) is 28.3. The van der Waals surface area contributed by atoms with Crippen LogP contribution in [0.4, 0.5) is 22.7 Å². The van der Waals surface area contributed by atoms with Gasteiger partial charge in [-0.15, -0.1) is 0 Å². The van der Waals surface area contributed by atoms with Gasteiger partial charge >= 0.3 is 0 Å². The predicted octanol–water partition coefficient (Wildman–Crippen LogP) is 17.6. The van der Waals surface area contributed by atoms with Crippen molar-refractivity contribution in [3.8, 4) is 0 Å². The molecule has 420 valence electrons. The Bertz CT molecular complexity index is 3440. The van der Waals surface area contributed by atoms with Gasteiger partial charge in [0.25, 0.3) is 0 Å². The zero-order chi connectivity index (χ0) is 55.9. The zero-order valence-corrected chi connectivity index (χ0v) is 48.9. The third-order valence-electron chi connectivity index (χ3n) is 19.3. The van der Waals surface area contributed by atoms with Crippen LogP contribution in [0.25, 0.3) is 22.3 Å². The lowest BCUT2D eigenvalue weighted by Gasteiger charge is -2.36. The van der Waals surface area contributed by atoms with Crippen molar-refractivity contribution in [2.75, 3.05) is 27.9 Å². The first-order valence-corrected chi connectivity index (χ1v) is 31.2. The van der Waals surface area contributed by atoms with E-state index in [0.29, 0.717) is 5.71 Å². The summed E-state index contributed by atoms with van der Waals surface area (Å²) in [4.78, 5) is 23.3. The van der Waals surface area contributed by atoms with E-state index in [1.807, 2.05) is 0 Å². The van der Waals surface area contributed by atoms with E-state index in [4.69, 9.17) is 20.0 Å². The van der Waals surface area contributed by atoms with Crippen molar-refractivity contribution in [2.45, 2.75) is 178 Å². The molecule has 0 spiro atoms. The molecule has 4 aliphatic carbocycles. The molecule has 0 atom stereocenters. The highest BCUT2D eigenvalue weighted by Gasteiger charge is 2.36. The molecule has 0 unspecified atom stereocenters. The van der Waals surface area contributed by atoms with E-state index in [-0.39, 0.29) is 28.8 Å². The molecule has 5 N–H and O–H groups in total. The molecule has 4 aromatic carbocycles. The lowest BCUT2D eigenvalue weighted by Crippen LogP contribution is -2.37. The maximum absolute atomic E-state index is 11.8. The topological polar surface area (TPSA) is 118 Å². The second-order valence-electron chi connectivity index (χ2n) is 26.0. The van der Waals surface area contributed by atoms with Crippen molar-refractivity contribution < 1.29 is 5.11 Å².